The highest BCUT2D eigenvalue weighted by Gasteiger charge is 2.28. The predicted molar refractivity (Wildman–Crippen MR) is 135 cm³/mol. The smallest absolute Gasteiger partial charge is 0.222 e. The predicted octanol–water partition coefficient (Wildman–Crippen LogP) is 5.31. The van der Waals surface area contributed by atoms with Crippen molar-refractivity contribution in [1.82, 2.24) is 14.7 Å². The molecule has 4 rings (SSSR count). The molecule has 0 saturated heterocycles. The summed E-state index contributed by atoms with van der Waals surface area (Å²) >= 11 is 6.06. The highest BCUT2D eigenvalue weighted by molar-refractivity contribution is 6.30. The van der Waals surface area contributed by atoms with Crippen LogP contribution in [0.2, 0.25) is 5.02 Å². The van der Waals surface area contributed by atoms with Crippen LogP contribution < -0.4 is 4.74 Å². The number of benzene rings is 2. The third-order valence-corrected chi connectivity index (χ3v) is 6.03. The van der Waals surface area contributed by atoms with Crippen molar-refractivity contribution in [2.24, 2.45) is 13.0 Å². The Morgan fingerprint density at radius 2 is 1.94 bits per heavy atom. The maximum atomic E-state index is 10.6. The molecule has 1 aliphatic rings. The summed E-state index contributed by atoms with van der Waals surface area (Å²) in [5.74, 6) is 2.04. The van der Waals surface area contributed by atoms with Gasteiger partial charge in [0.05, 0.1) is 24.9 Å². The Labute approximate surface area is 206 Å². The minimum Gasteiger partial charge on any atom is -0.439 e. The molecule has 3 aromatic rings. The molecule has 0 unspecified atom stereocenters. The van der Waals surface area contributed by atoms with Crippen LogP contribution in [0.4, 0.5) is 0 Å². The molecular formula is C27H32ClN3O3. The molecule has 1 fully saturated rings. The molecular weight excluding hydrogens is 450 g/mol. The van der Waals surface area contributed by atoms with Crippen LogP contribution >= 0.6 is 11.6 Å². The first-order valence-corrected chi connectivity index (χ1v) is 12.0. The quantitative estimate of drug-likeness (QED) is 0.265. The molecule has 0 radical (unpaired) electrons. The first-order chi connectivity index (χ1) is 16.5. The second-order valence-electron chi connectivity index (χ2n) is 8.80. The largest absolute Gasteiger partial charge is 0.439 e. The summed E-state index contributed by atoms with van der Waals surface area (Å²) in [5, 5.41) is 16.1. The number of aliphatic hydroxyl groups excluding tert-OH is 1. The molecule has 1 N–H and O–H groups in total. The fourth-order valence-corrected chi connectivity index (χ4v) is 4.12. The van der Waals surface area contributed by atoms with Crippen LogP contribution in [0.1, 0.15) is 18.4 Å². The van der Waals surface area contributed by atoms with E-state index in [1.807, 2.05) is 49.5 Å². The van der Waals surface area contributed by atoms with Gasteiger partial charge in [-0.1, -0.05) is 48.0 Å². The van der Waals surface area contributed by atoms with E-state index in [1.165, 1.54) is 12.8 Å². The molecule has 7 heteroatoms. The normalized spacial score (nSPS) is 14.4. The van der Waals surface area contributed by atoms with Crippen molar-refractivity contribution >= 4 is 11.6 Å². The minimum atomic E-state index is -0.587. The fraction of sp³-hybridized carbons (Fsp3) is 0.370. The zero-order chi connectivity index (χ0) is 23.9. The fourth-order valence-electron chi connectivity index (χ4n) is 4.00. The lowest BCUT2D eigenvalue weighted by Gasteiger charge is -2.25. The second kappa shape index (κ2) is 11.7. The number of ether oxygens (including phenoxy) is 2. The molecule has 0 aliphatic heterocycles. The lowest BCUT2D eigenvalue weighted by Crippen LogP contribution is -2.36. The van der Waals surface area contributed by atoms with E-state index in [1.54, 1.807) is 10.8 Å². The number of nitrogens with zero attached hydrogens (tertiary/aromatic N) is 3. The molecule has 1 atom stereocenters. The molecule has 6 nitrogen and oxygen atoms in total. The van der Waals surface area contributed by atoms with E-state index in [0.29, 0.717) is 42.3 Å². The van der Waals surface area contributed by atoms with Gasteiger partial charge in [-0.3, -0.25) is 4.90 Å². The lowest BCUT2D eigenvalue weighted by molar-refractivity contribution is 0.0235. The number of aliphatic hydroxyl groups is 1. The topological polar surface area (TPSA) is 59.8 Å². The molecule has 0 spiro atoms. The van der Waals surface area contributed by atoms with Crippen molar-refractivity contribution in [3.05, 3.63) is 77.8 Å². The van der Waals surface area contributed by atoms with Gasteiger partial charge in [-0.05, 0) is 43.0 Å². The van der Waals surface area contributed by atoms with Gasteiger partial charge >= 0.3 is 0 Å². The zero-order valence-corrected chi connectivity index (χ0v) is 20.3. The molecule has 2 aromatic carbocycles. The van der Waals surface area contributed by atoms with E-state index >= 15 is 0 Å². The van der Waals surface area contributed by atoms with Crippen molar-refractivity contribution < 1.29 is 14.6 Å². The average molecular weight is 482 g/mol. The number of halogens is 1. The second-order valence-corrected chi connectivity index (χ2v) is 9.23. The number of hydrogen-bond donors (Lipinski definition) is 1. The van der Waals surface area contributed by atoms with Crippen LogP contribution in [-0.4, -0.2) is 52.2 Å². The van der Waals surface area contributed by atoms with Gasteiger partial charge in [0.15, 0.2) is 0 Å². The highest BCUT2D eigenvalue weighted by Crippen LogP contribution is 2.36. The minimum absolute atomic E-state index is 0.278. The third kappa shape index (κ3) is 6.70. The van der Waals surface area contributed by atoms with Crippen LogP contribution in [0.3, 0.4) is 0 Å². The van der Waals surface area contributed by atoms with Gasteiger partial charge in [-0.2, -0.15) is 5.10 Å². The first kappa shape index (κ1) is 24.5. The van der Waals surface area contributed by atoms with Gasteiger partial charge in [0, 0.05) is 37.3 Å². The van der Waals surface area contributed by atoms with Crippen molar-refractivity contribution in [2.75, 3.05) is 26.3 Å². The number of rotatable bonds is 13. The van der Waals surface area contributed by atoms with Crippen molar-refractivity contribution in [3.8, 4) is 22.9 Å². The van der Waals surface area contributed by atoms with Gasteiger partial charge in [-0.25, -0.2) is 4.68 Å². The molecule has 1 heterocycles. The van der Waals surface area contributed by atoms with Crippen molar-refractivity contribution in [2.45, 2.75) is 25.5 Å². The van der Waals surface area contributed by atoms with Crippen LogP contribution in [0.15, 0.2) is 67.3 Å². The number of aryl methyl sites for hydroxylation is 1. The molecule has 180 valence electrons. The lowest BCUT2D eigenvalue weighted by atomic mass is 10.1. The van der Waals surface area contributed by atoms with E-state index in [4.69, 9.17) is 26.2 Å². The first-order valence-electron chi connectivity index (χ1n) is 11.7. The van der Waals surface area contributed by atoms with E-state index in [-0.39, 0.29) is 6.61 Å². The number of aromatic nitrogens is 2. The Bertz CT molecular complexity index is 1060. The van der Waals surface area contributed by atoms with Gasteiger partial charge < -0.3 is 14.6 Å². The van der Waals surface area contributed by atoms with Crippen molar-refractivity contribution in [3.63, 3.8) is 0 Å². The van der Waals surface area contributed by atoms with Gasteiger partial charge in [0.1, 0.15) is 11.4 Å². The van der Waals surface area contributed by atoms with E-state index in [0.717, 1.165) is 23.4 Å². The summed E-state index contributed by atoms with van der Waals surface area (Å²) in [5.41, 5.74) is 2.90. The molecule has 0 bridgehead atoms. The summed E-state index contributed by atoms with van der Waals surface area (Å²) in [4.78, 5) is 2.29. The summed E-state index contributed by atoms with van der Waals surface area (Å²) in [6.07, 6.45) is 3.56. The maximum absolute atomic E-state index is 10.6. The Kier molecular flexibility index (Phi) is 8.40. The molecule has 0 amide bonds. The van der Waals surface area contributed by atoms with E-state index < -0.39 is 6.10 Å². The van der Waals surface area contributed by atoms with Crippen LogP contribution in [-0.2, 0) is 18.3 Å². The average Bonchev–Trinajstić information content (AvgIpc) is 3.60. The Hall–Kier alpha value is -2.64. The Morgan fingerprint density at radius 3 is 2.62 bits per heavy atom. The molecule has 1 aliphatic carbocycles. The third-order valence-electron chi connectivity index (χ3n) is 5.77. The summed E-state index contributed by atoms with van der Waals surface area (Å²) in [6.45, 7) is 6.41. The van der Waals surface area contributed by atoms with Crippen LogP contribution in [0.5, 0.6) is 11.6 Å². The SMILES string of the molecule is C=CCOC[C@H](O)CN(Cc1c(-c2ccccc2)nn(C)c1Oc1ccc(Cl)cc1)CC1CC1. The Morgan fingerprint density at radius 1 is 1.21 bits per heavy atom. The summed E-state index contributed by atoms with van der Waals surface area (Å²) in [6, 6.07) is 17.5. The molecule has 1 aromatic heterocycles. The van der Waals surface area contributed by atoms with Crippen LogP contribution in [0.25, 0.3) is 11.3 Å². The summed E-state index contributed by atoms with van der Waals surface area (Å²) in [7, 11) is 1.89. The monoisotopic (exact) mass is 481 g/mol. The van der Waals surface area contributed by atoms with Crippen molar-refractivity contribution in [1.29, 1.82) is 0 Å². The maximum Gasteiger partial charge on any atom is 0.222 e. The zero-order valence-electron chi connectivity index (χ0n) is 19.6. The van der Waals surface area contributed by atoms with Gasteiger partial charge in [0.2, 0.25) is 5.88 Å². The standard InChI is InChI=1S/C27H32ClN3O3/c1-3-15-33-19-23(32)17-31(16-20-9-10-20)18-25-26(21-7-5-4-6-8-21)29-30(2)27(25)34-24-13-11-22(28)12-14-24/h3-8,11-14,20,23,32H,1,9-10,15-19H2,2H3/t23-/m1/s1. The Balaban J connectivity index is 1.63. The summed E-state index contributed by atoms with van der Waals surface area (Å²) < 4.78 is 13.6. The van der Waals surface area contributed by atoms with E-state index in [9.17, 15) is 5.11 Å². The van der Waals surface area contributed by atoms with E-state index in [2.05, 4.69) is 23.6 Å². The molecule has 1 saturated carbocycles. The van der Waals surface area contributed by atoms with Gasteiger partial charge in [0.25, 0.3) is 0 Å². The molecule has 34 heavy (non-hydrogen) atoms. The van der Waals surface area contributed by atoms with Crippen LogP contribution in [0, 0.1) is 5.92 Å². The number of hydrogen-bond acceptors (Lipinski definition) is 5. The highest BCUT2D eigenvalue weighted by atomic mass is 35.5. The van der Waals surface area contributed by atoms with Gasteiger partial charge in [-0.15, -0.1) is 6.58 Å².